The zero-order valence-corrected chi connectivity index (χ0v) is 13.2. The molecule has 1 nitrogen and oxygen atoms in total. The molecule has 0 radical (unpaired) electrons. The molecule has 2 N–H and O–H groups in total. The second-order valence-corrected chi connectivity index (χ2v) is 6.74. The van der Waals surface area contributed by atoms with Crippen LogP contribution < -0.4 is 5.73 Å². The molecule has 0 saturated heterocycles. The van der Waals surface area contributed by atoms with E-state index in [4.69, 9.17) is 5.73 Å². The summed E-state index contributed by atoms with van der Waals surface area (Å²) in [6, 6.07) is 5.30. The highest BCUT2D eigenvalue weighted by Crippen LogP contribution is 2.42. The molecular formula is C16H23BrFN. The summed E-state index contributed by atoms with van der Waals surface area (Å²) in [5.41, 5.74) is 7.28. The summed E-state index contributed by atoms with van der Waals surface area (Å²) in [7, 11) is 0. The zero-order valence-electron chi connectivity index (χ0n) is 11.6. The summed E-state index contributed by atoms with van der Waals surface area (Å²) < 4.78 is 14.2. The molecule has 0 amide bonds. The van der Waals surface area contributed by atoms with E-state index < -0.39 is 0 Å². The average molecular weight is 328 g/mol. The lowest BCUT2D eigenvalue weighted by molar-refractivity contribution is 0.153. The first-order valence-corrected chi connectivity index (χ1v) is 8.02. The summed E-state index contributed by atoms with van der Waals surface area (Å²) in [5, 5.41) is 0. The largest absolute Gasteiger partial charge is 0.330 e. The van der Waals surface area contributed by atoms with Crippen LogP contribution in [-0.4, -0.2) is 6.54 Å². The van der Waals surface area contributed by atoms with Crippen molar-refractivity contribution >= 4 is 15.9 Å². The highest BCUT2D eigenvalue weighted by Gasteiger charge is 2.34. The summed E-state index contributed by atoms with van der Waals surface area (Å²) in [5.74, 6) is 0.683. The molecule has 2 rings (SSSR count). The molecule has 0 aromatic heterocycles. The summed E-state index contributed by atoms with van der Waals surface area (Å²) in [6.45, 7) is 2.97. The summed E-state index contributed by atoms with van der Waals surface area (Å²) in [6.07, 6.45) is 7.03. The maximum absolute atomic E-state index is 13.6. The topological polar surface area (TPSA) is 26.0 Å². The van der Waals surface area contributed by atoms with Crippen molar-refractivity contribution in [1.82, 2.24) is 0 Å². The van der Waals surface area contributed by atoms with Crippen LogP contribution >= 0.6 is 15.9 Å². The van der Waals surface area contributed by atoms with Gasteiger partial charge >= 0.3 is 0 Å². The van der Waals surface area contributed by atoms with Gasteiger partial charge in [-0.15, -0.1) is 0 Å². The molecule has 0 heterocycles. The Morgan fingerprint density at radius 3 is 2.63 bits per heavy atom. The Morgan fingerprint density at radius 1 is 1.37 bits per heavy atom. The molecule has 1 aromatic rings. The molecule has 0 aliphatic heterocycles. The third-order valence-corrected chi connectivity index (χ3v) is 5.66. The lowest BCUT2D eigenvalue weighted by atomic mass is 9.67. The van der Waals surface area contributed by atoms with Gasteiger partial charge in [-0.25, -0.2) is 4.39 Å². The van der Waals surface area contributed by atoms with Crippen LogP contribution in [0.2, 0.25) is 0 Å². The third kappa shape index (κ3) is 3.38. The minimum Gasteiger partial charge on any atom is -0.330 e. The minimum atomic E-state index is -0.174. The molecule has 19 heavy (non-hydrogen) atoms. The standard InChI is InChI=1S/C16H23BrFN/c1-2-12-6-8-16(11-19,9-7-12)10-13-4-3-5-14(18)15(13)17/h3-5,12H,2,6-11,19H2,1H3. The second kappa shape index (κ2) is 6.36. The molecule has 1 fully saturated rings. The maximum atomic E-state index is 13.6. The molecule has 0 spiro atoms. The van der Waals surface area contributed by atoms with Crippen molar-refractivity contribution in [2.24, 2.45) is 17.1 Å². The van der Waals surface area contributed by atoms with E-state index in [0.29, 0.717) is 11.0 Å². The van der Waals surface area contributed by atoms with Gasteiger partial charge < -0.3 is 5.73 Å². The van der Waals surface area contributed by atoms with E-state index in [1.165, 1.54) is 38.2 Å². The monoisotopic (exact) mass is 327 g/mol. The number of halogens is 2. The predicted molar refractivity (Wildman–Crippen MR) is 81.5 cm³/mol. The predicted octanol–water partition coefficient (Wildman–Crippen LogP) is 4.68. The Labute approximate surface area is 123 Å². The highest BCUT2D eigenvalue weighted by atomic mass is 79.9. The third-order valence-electron chi connectivity index (χ3n) is 4.77. The van der Waals surface area contributed by atoms with Crippen molar-refractivity contribution in [2.45, 2.75) is 45.4 Å². The van der Waals surface area contributed by atoms with Gasteiger partial charge in [0.25, 0.3) is 0 Å². The molecular weight excluding hydrogens is 305 g/mol. The quantitative estimate of drug-likeness (QED) is 0.853. The van der Waals surface area contributed by atoms with Crippen molar-refractivity contribution in [3.05, 3.63) is 34.1 Å². The van der Waals surface area contributed by atoms with Crippen molar-refractivity contribution in [3.63, 3.8) is 0 Å². The van der Waals surface area contributed by atoms with Crippen molar-refractivity contribution in [3.8, 4) is 0 Å². The van der Waals surface area contributed by atoms with Crippen LogP contribution in [0.25, 0.3) is 0 Å². The van der Waals surface area contributed by atoms with Crippen LogP contribution in [0.3, 0.4) is 0 Å². The normalized spacial score (nSPS) is 27.5. The lowest BCUT2D eigenvalue weighted by Crippen LogP contribution is -2.37. The van der Waals surface area contributed by atoms with Gasteiger partial charge in [-0.05, 0) is 77.5 Å². The number of hydrogen-bond donors (Lipinski definition) is 1. The van der Waals surface area contributed by atoms with E-state index >= 15 is 0 Å². The van der Waals surface area contributed by atoms with Gasteiger partial charge in [0.15, 0.2) is 0 Å². The Balaban J connectivity index is 2.13. The van der Waals surface area contributed by atoms with Gasteiger partial charge in [-0.1, -0.05) is 25.5 Å². The van der Waals surface area contributed by atoms with Crippen LogP contribution in [-0.2, 0) is 6.42 Å². The van der Waals surface area contributed by atoms with Gasteiger partial charge in [-0.3, -0.25) is 0 Å². The highest BCUT2D eigenvalue weighted by molar-refractivity contribution is 9.10. The zero-order chi connectivity index (χ0) is 13.9. The first-order valence-electron chi connectivity index (χ1n) is 7.23. The fraction of sp³-hybridized carbons (Fsp3) is 0.625. The second-order valence-electron chi connectivity index (χ2n) is 5.95. The first kappa shape index (κ1) is 15.0. The molecule has 0 unspecified atom stereocenters. The van der Waals surface area contributed by atoms with Crippen LogP contribution in [0.4, 0.5) is 4.39 Å². The average Bonchev–Trinajstić information content (AvgIpc) is 2.45. The Bertz CT molecular complexity index is 425. The van der Waals surface area contributed by atoms with Crippen LogP contribution in [0, 0.1) is 17.2 Å². The molecule has 1 saturated carbocycles. The van der Waals surface area contributed by atoms with Gasteiger partial charge in [0, 0.05) is 0 Å². The van der Waals surface area contributed by atoms with Gasteiger partial charge in [0.05, 0.1) is 4.47 Å². The van der Waals surface area contributed by atoms with Crippen LogP contribution in [0.1, 0.15) is 44.6 Å². The molecule has 0 atom stereocenters. The maximum Gasteiger partial charge on any atom is 0.137 e. The van der Waals surface area contributed by atoms with E-state index in [2.05, 4.69) is 22.9 Å². The number of nitrogens with two attached hydrogens (primary N) is 1. The van der Waals surface area contributed by atoms with Gasteiger partial charge in [0.1, 0.15) is 5.82 Å². The van der Waals surface area contributed by atoms with Gasteiger partial charge in [0.2, 0.25) is 0 Å². The number of hydrogen-bond acceptors (Lipinski definition) is 1. The Kier molecular flexibility index (Phi) is 5.02. The van der Waals surface area contributed by atoms with Gasteiger partial charge in [-0.2, -0.15) is 0 Å². The van der Waals surface area contributed by atoms with Crippen LogP contribution in [0.15, 0.2) is 22.7 Å². The molecule has 106 valence electrons. The molecule has 1 aromatic carbocycles. The Hall–Kier alpha value is -0.410. The molecule has 3 heteroatoms. The van der Waals surface area contributed by atoms with E-state index in [9.17, 15) is 4.39 Å². The van der Waals surface area contributed by atoms with E-state index in [0.717, 1.165) is 17.9 Å². The number of benzene rings is 1. The lowest BCUT2D eigenvalue weighted by Gasteiger charge is -2.39. The first-order chi connectivity index (χ1) is 9.10. The molecule has 1 aliphatic rings. The number of rotatable bonds is 4. The summed E-state index contributed by atoms with van der Waals surface area (Å²) >= 11 is 3.37. The van der Waals surface area contributed by atoms with E-state index in [1.807, 2.05) is 6.07 Å². The smallest absolute Gasteiger partial charge is 0.137 e. The molecule has 1 aliphatic carbocycles. The van der Waals surface area contributed by atoms with Crippen molar-refractivity contribution in [1.29, 1.82) is 0 Å². The van der Waals surface area contributed by atoms with Crippen LogP contribution in [0.5, 0.6) is 0 Å². The Morgan fingerprint density at radius 2 is 2.05 bits per heavy atom. The fourth-order valence-corrected chi connectivity index (χ4v) is 3.64. The van der Waals surface area contributed by atoms with E-state index in [1.54, 1.807) is 6.07 Å². The minimum absolute atomic E-state index is 0.169. The SMILES string of the molecule is CCC1CCC(CN)(Cc2cccc(F)c2Br)CC1. The van der Waals surface area contributed by atoms with Crippen molar-refractivity contribution in [2.75, 3.05) is 6.54 Å². The van der Waals surface area contributed by atoms with E-state index in [-0.39, 0.29) is 11.2 Å². The van der Waals surface area contributed by atoms with Crippen molar-refractivity contribution < 1.29 is 4.39 Å². The summed E-state index contributed by atoms with van der Waals surface area (Å²) in [4.78, 5) is 0. The fourth-order valence-electron chi connectivity index (χ4n) is 3.24. The molecule has 0 bridgehead atoms.